The quantitative estimate of drug-likeness (QED) is 0.836. The summed E-state index contributed by atoms with van der Waals surface area (Å²) in [6.45, 7) is 5.79. The number of anilines is 1. The van der Waals surface area contributed by atoms with Gasteiger partial charge in [-0.1, -0.05) is 23.8 Å². The lowest BCUT2D eigenvalue weighted by atomic mass is 10.2. The van der Waals surface area contributed by atoms with Crippen LogP contribution in [0, 0.1) is 0 Å². The summed E-state index contributed by atoms with van der Waals surface area (Å²) in [5.74, 6) is 0. The number of alkyl carbamates (subject to hydrolysis) is 1. The van der Waals surface area contributed by atoms with Crippen molar-refractivity contribution in [1.82, 2.24) is 10.3 Å². The van der Waals surface area contributed by atoms with Crippen molar-refractivity contribution in [2.45, 2.75) is 26.4 Å². The Morgan fingerprint density at radius 3 is 2.84 bits per heavy atom. The highest BCUT2D eigenvalue weighted by atomic mass is 35.5. The summed E-state index contributed by atoms with van der Waals surface area (Å²) in [5, 5.41) is 2.89. The maximum Gasteiger partial charge on any atom is 0.407 e. The fraction of sp³-hybridized carbons (Fsp3) is 0.385. The van der Waals surface area contributed by atoms with Crippen LogP contribution in [0.2, 0.25) is 5.15 Å². The number of pyridine rings is 1. The third kappa shape index (κ3) is 6.10. The molecular weight excluding hydrogens is 266 g/mol. The highest BCUT2D eigenvalue weighted by Gasteiger charge is 2.14. The van der Waals surface area contributed by atoms with Crippen molar-refractivity contribution in [2.75, 3.05) is 12.3 Å². The van der Waals surface area contributed by atoms with Gasteiger partial charge in [0.1, 0.15) is 5.60 Å². The smallest absolute Gasteiger partial charge is 0.407 e. The molecule has 0 unspecified atom stereocenters. The number of carbonyl (C=O) groups excluding carboxylic acids is 1. The highest BCUT2D eigenvalue weighted by molar-refractivity contribution is 6.31. The Morgan fingerprint density at radius 2 is 2.26 bits per heavy atom. The number of halogens is 1. The standard InChI is InChI=1S/C13H18ClN3O2/c1-13(2,3)19-12(18)16-6-4-5-9-7-10(15)11(14)17-8-9/h4-5,7-8H,6,15H2,1-3H3,(H,16,18). The van der Waals surface area contributed by atoms with Crippen LogP contribution >= 0.6 is 11.6 Å². The third-order valence-electron chi connectivity index (χ3n) is 1.96. The SMILES string of the molecule is CC(C)(C)OC(=O)NCC=Cc1cnc(Cl)c(N)c1. The van der Waals surface area contributed by atoms with E-state index < -0.39 is 11.7 Å². The zero-order valence-corrected chi connectivity index (χ0v) is 12.0. The van der Waals surface area contributed by atoms with E-state index in [1.54, 1.807) is 24.4 Å². The minimum Gasteiger partial charge on any atom is -0.444 e. The fourth-order valence-electron chi connectivity index (χ4n) is 1.22. The first kappa shape index (κ1) is 15.3. The summed E-state index contributed by atoms with van der Waals surface area (Å²) in [6, 6.07) is 1.71. The van der Waals surface area contributed by atoms with Crippen LogP contribution in [0.3, 0.4) is 0 Å². The topological polar surface area (TPSA) is 77.2 Å². The van der Waals surface area contributed by atoms with E-state index in [0.717, 1.165) is 5.56 Å². The van der Waals surface area contributed by atoms with Gasteiger partial charge in [-0.15, -0.1) is 0 Å². The van der Waals surface area contributed by atoms with Crippen molar-refractivity contribution >= 4 is 29.5 Å². The molecule has 19 heavy (non-hydrogen) atoms. The maximum absolute atomic E-state index is 11.4. The largest absolute Gasteiger partial charge is 0.444 e. The Morgan fingerprint density at radius 1 is 1.58 bits per heavy atom. The highest BCUT2D eigenvalue weighted by Crippen LogP contribution is 2.16. The average molecular weight is 284 g/mol. The number of nitrogen functional groups attached to an aromatic ring is 1. The molecule has 104 valence electrons. The van der Waals surface area contributed by atoms with Gasteiger partial charge in [0, 0.05) is 12.7 Å². The van der Waals surface area contributed by atoms with Gasteiger partial charge in [0.25, 0.3) is 0 Å². The number of hydrogen-bond donors (Lipinski definition) is 2. The van der Waals surface area contributed by atoms with Crippen molar-refractivity contribution in [2.24, 2.45) is 0 Å². The van der Waals surface area contributed by atoms with Gasteiger partial charge in [0.05, 0.1) is 5.69 Å². The molecule has 0 saturated carbocycles. The number of ether oxygens (including phenoxy) is 1. The molecule has 0 atom stereocenters. The Hall–Kier alpha value is -1.75. The minimum atomic E-state index is -0.498. The number of nitrogens with one attached hydrogen (secondary N) is 1. The Balaban J connectivity index is 2.42. The molecule has 1 aromatic rings. The molecule has 0 radical (unpaired) electrons. The molecule has 0 aromatic carbocycles. The van der Waals surface area contributed by atoms with Gasteiger partial charge in [0.2, 0.25) is 0 Å². The monoisotopic (exact) mass is 283 g/mol. The molecule has 0 aliphatic carbocycles. The van der Waals surface area contributed by atoms with Crippen LogP contribution in [0.1, 0.15) is 26.3 Å². The van der Waals surface area contributed by atoms with E-state index in [9.17, 15) is 4.79 Å². The van der Waals surface area contributed by atoms with Gasteiger partial charge in [-0.25, -0.2) is 9.78 Å². The summed E-state index contributed by atoms with van der Waals surface area (Å²) in [7, 11) is 0. The number of aromatic nitrogens is 1. The average Bonchev–Trinajstić information content (AvgIpc) is 2.27. The summed E-state index contributed by atoms with van der Waals surface area (Å²) in [5.41, 5.74) is 6.36. The molecule has 1 rings (SSSR count). The van der Waals surface area contributed by atoms with E-state index in [2.05, 4.69) is 10.3 Å². The number of rotatable bonds is 3. The van der Waals surface area contributed by atoms with E-state index in [1.807, 2.05) is 20.8 Å². The molecule has 6 heteroatoms. The van der Waals surface area contributed by atoms with Gasteiger partial charge in [-0.2, -0.15) is 0 Å². The normalized spacial score (nSPS) is 11.6. The van der Waals surface area contributed by atoms with Crippen molar-refractivity contribution in [1.29, 1.82) is 0 Å². The van der Waals surface area contributed by atoms with Crippen molar-refractivity contribution in [3.63, 3.8) is 0 Å². The Labute approximate surface area is 117 Å². The van der Waals surface area contributed by atoms with Crippen LogP contribution in [0.5, 0.6) is 0 Å². The molecular formula is C13H18ClN3O2. The second kappa shape index (κ2) is 6.43. The first-order valence-corrected chi connectivity index (χ1v) is 6.20. The Bertz CT molecular complexity index is 481. The van der Waals surface area contributed by atoms with E-state index in [0.29, 0.717) is 12.2 Å². The lowest BCUT2D eigenvalue weighted by molar-refractivity contribution is 0.0534. The Kier molecular flexibility index (Phi) is 5.18. The van der Waals surface area contributed by atoms with Gasteiger partial charge >= 0.3 is 6.09 Å². The first-order valence-electron chi connectivity index (χ1n) is 5.82. The van der Waals surface area contributed by atoms with Crippen LogP contribution in [-0.4, -0.2) is 23.2 Å². The van der Waals surface area contributed by atoms with E-state index in [1.165, 1.54) is 0 Å². The molecule has 1 aromatic heterocycles. The molecule has 0 aliphatic rings. The molecule has 0 saturated heterocycles. The number of carbonyl (C=O) groups is 1. The first-order chi connectivity index (χ1) is 8.78. The van der Waals surface area contributed by atoms with Crippen LogP contribution in [-0.2, 0) is 4.74 Å². The number of nitrogens with two attached hydrogens (primary N) is 1. The third-order valence-corrected chi connectivity index (χ3v) is 2.28. The van der Waals surface area contributed by atoms with Gasteiger partial charge in [0.15, 0.2) is 5.15 Å². The molecule has 3 N–H and O–H groups in total. The number of hydrogen-bond acceptors (Lipinski definition) is 4. The van der Waals surface area contributed by atoms with E-state index in [-0.39, 0.29) is 5.15 Å². The second-order valence-corrected chi connectivity index (χ2v) is 5.29. The molecule has 0 spiro atoms. The van der Waals surface area contributed by atoms with Gasteiger partial charge < -0.3 is 15.8 Å². The van der Waals surface area contributed by atoms with Crippen LogP contribution < -0.4 is 11.1 Å². The number of amides is 1. The molecule has 0 aliphatic heterocycles. The summed E-state index contributed by atoms with van der Waals surface area (Å²) in [4.78, 5) is 15.3. The predicted octanol–water partition coefficient (Wildman–Crippen LogP) is 2.86. The summed E-state index contributed by atoms with van der Waals surface area (Å²) in [6.07, 6.45) is 4.71. The zero-order chi connectivity index (χ0) is 14.5. The van der Waals surface area contributed by atoms with Crippen LogP contribution in [0.15, 0.2) is 18.3 Å². The lowest BCUT2D eigenvalue weighted by Crippen LogP contribution is -2.32. The molecule has 1 amide bonds. The second-order valence-electron chi connectivity index (χ2n) is 4.93. The minimum absolute atomic E-state index is 0.282. The zero-order valence-electron chi connectivity index (χ0n) is 11.2. The summed E-state index contributed by atoms with van der Waals surface area (Å²) >= 11 is 5.71. The van der Waals surface area contributed by atoms with Gasteiger partial charge in [-0.3, -0.25) is 0 Å². The number of nitrogens with zero attached hydrogens (tertiary/aromatic N) is 1. The van der Waals surface area contributed by atoms with E-state index >= 15 is 0 Å². The van der Waals surface area contributed by atoms with E-state index in [4.69, 9.17) is 22.1 Å². The molecule has 0 fully saturated rings. The summed E-state index contributed by atoms with van der Waals surface area (Å²) < 4.78 is 5.09. The molecule has 5 nitrogen and oxygen atoms in total. The van der Waals surface area contributed by atoms with Crippen LogP contribution in [0.4, 0.5) is 10.5 Å². The fourth-order valence-corrected chi connectivity index (χ4v) is 1.33. The van der Waals surface area contributed by atoms with Crippen LogP contribution in [0.25, 0.3) is 6.08 Å². The maximum atomic E-state index is 11.4. The molecule has 1 heterocycles. The van der Waals surface area contributed by atoms with Gasteiger partial charge in [-0.05, 0) is 32.4 Å². The predicted molar refractivity (Wildman–Crippen MR) is 76.9 cm³/mol. The van der Waals surface area contributed by atoms with Crippen molar-refractivity contribution in [3.8, 4) is 0 Å². The molecule has 0 bridgehead atoms. The van der Waals surface area contributed by atoms with Crippen molar-refractivity contribution < 1.29 is 9.53 Å². The van der Waals surface area contributed by atoms with Crippen molar-refractivity contribution in [3.05, 3.63) is 29.1 Å². The lowest BCUT2D eigenvalue weighted by Gasteiger charge is -2.19.